The van der Waals surface area contributed by atoms with Crippen LogP contribution in [-0.2, 0) is 6.54 Å². The van der Waals surface area contributed by atoms with Crippen LogP contribution in [0.4, 0.5) is 13.2 Å². The van der Waals surface area contributed by atoms with Crippen LogP contribution in [0.3, 0.4) is 0 Å². The van der Waals surface area contributed by atoms with Crippen LogP contribution >= 0.6 is 0 Å². The van der Waals surface area contributed by atoms with Crippen LogP contribution < -0.4 is 0 Å². The van der Waals surface area contributed by atoms with Gasteiger partial charge in [0.2, 0.25) is 5.89 Å². The number of aromatic nitrogens is 2. The van der Waals surface area contributed by atoms with Crippen molar-refractivity contribution < 1.29 is 17.7 Å². The van der Waals surface area contributed by atoms with Gasteiger partial charge in [-0.15, -0.1) is 0 Å². The second-order valence-corrected chi connectivity index (χ2v) is 4.40. The first kappa shape index (κ1) is 13.3. The third-order valence-electron chi connectivity index (χ3n) is 2.80. The normalized spacial score (nSPS) is 19.3. The average Bonchev–Trinajstić information content (AvgIpc) is 2.65. The molecule has 0 amide bonds. The number of nitrogens with zero attached hydrogens (tertiary/aromatic N) is 4. The van der Waals surface area contributed by atoms with Crippen molar-refractivity contribution in [3.8, 4) is 0 Å². The van der Waals surface area contributed by atoms with E-state index >= 15 is 0 Å². The summed E-state index contributed by atoms with van der Waals surface area (Å²) in [5.41, 5.74) is 0. The molecule has 0 saturated carbocycles. The lowest BCUT2D eigenvalue weighted by molar-refractivity contribution is -0.149. The molecule has 18 heavy (non-hydrogen) atoms. The van der Waals surface area contributed by atoms with Crippen LogP contribution in [-0.4, -0.2) is 58.8 Å². The molecular weight excluding hydrogens is 249 g/mol. The minimum Gasteiger partial charge on any atom is -0.340 e. The fourth-order valence-electron chi connectivity index (χ4n) is 1.96. The smallest absolute Gasteiger partial charge is 0.340 e. The van der Waals surface area contributed by atoms with Crippen molar-refractivity contribution in [2.75, 3.05) is 32.7 Å². The number of hydrogen-bond acceptors (Lipinski definition) is 5. The standard InChI is InChI=1S/C10H15F3N4O/c1-8-14-9(15-18-8)6-16-2-4-17(5-3-16)7-10(11,12)13/h2-7H2,1H3. The molecule has 1 aromatic rings. The second kappa shape index (κ2) is 5.23. The predicted octanol–water partition coefficient (Wildman–Crippen LogP) is 1.06. The molecule has 0 aliphatic carbocycles. The lowest BCUT2D eigenvalue weighted by atomic mass is 10.3. The highest BCUT2D eigenvalue weighted by atomic mass is 19.4. The highest BCUT2D eigenvalue weighted by Crippen LogP contribution is 2.17. The van der Waals surface area contributed by atoms with Crippen molar-refractivity contribution in [2.24, 2.45) is 0 Å². The molecule has 1 aliphatic rings. The molecule has 1 saturated heterocycles. The Kier molecular flexibility index (Phi) is 3.86. The molecule has 8 heteroatoms. The largest absolute Gasteiger partial charge is 0.401 e. The Labute approximate surface area is 103 Å². The Morgan fingerprint density at radius 2 is 1.78 bits per heavy atom. The first-order chi connectivity index (χ1) is 8.42. The van der Waals surface area contributed by atoms with Gasteiger partial charge in [-0.05, 0) is 0 Å². The first-order valence-electron chi connectivity index (χ1n) is 5.73. The minimum absolute atomic E-state index is 0.413. The summed E-state index contributed by atoms with van der Waals surface area (Å²) in [4.78, 5) is 7.51. The molecule has 5 nitrogen and oxygen atoms in total. The van der Waals surface area contributed by atoms with Gasteiger partial charge in [-0.2, -0.15) is 18.2 Å². The number of hydrogen-bond donors (Lipinski definition) is 0. The summed E-state index contributed by atoms with van der Waals surface area (Å²) < 4.78 is 41.4. The van der Waals surface area contributed by atoms with E-state index in [4.69, 9.17) is 4.52 Å². The number of alkyl halides is 3. The van der Waals surface area contributed by atoms with Crippen LogP contribution in [0.5, 0.6) is 0 Å². The van der Waals surface area contributed by atoms with Gasteiger partial charge in [0.15, 0.2) is 5.82 Å². The lowest BCUT2D eigenvalue weighted by Gasteiger charge is -2.34. The molecule has 0 spiro atoms. The van der Waals surface area contributed by atoms with Crippen molar-refractivity contribution >= 4 is 0 Å². The van der Waals surface area contributed by atoms with Crippen molar-refractivity contribution in [3.63, 3.8) is 0 Å². The quantitative estimate of drug-likeness (QED) is 0.816. The summed E-state index contributed by atoms with van der Waals surface area (Å²) in [5.74, 6) is 1.08. The Bertz CT molecular complexity index is 385. The summed E-state index contributed by atoms with van der Waals surface area (Å²) in [7, 11) is 0. The predicted molar refractivity (Wildman–Crippen MR) is 56.8 cm³/mol. The molecule has 0 aromatic carbocycles. The molecule has 2 heterocycles. The van der Waals surface area contributed by atoms with Crippen molar-refractivity contribution in [1.82, 2.24) is 19.9 Å². The molecule has 0 unspecified atom stereocenters. The van der Waals surface area contributed by atoms with Crippen molar-refractivity contribution in [1.29, 1.82) is 0 Å². The molecule has 1 aliphatic heterocycles. The van der Waals surface area contributed by atoms with E-state index in [1.807, 2.05) is 4.90 Å². The molecular formula is C10H15F3N4O. The minimum atomic E-state index is -4.12. The molecule has 0 N–H and O–H groups in total. The van der Waals surface area contributed by atoms with Gasteiger partial charge in [0.1, 0.15) is 0 Å². The summed E-state index contributed by atoms with van der Waals surface area (Å²) in [6.07, 6.45) is -4.12. The van der Waals surface area contributed by atoms with Crippen molar-refractivity contribution in [2.45, 2.75) is 19.6 Å². The van der Waals surface area contributed by atoms with E-state index in [-0.39, 0.29) is 0 Å². The molecule has 0 radical (unpaired) electrons. The van der Waals surface area contributed by atoms with Crippen molar-refractivity contribution in [3.05, 3.63) is 11.7 Å². The SMILES string of the molecule is Cc1nc(CN2CCN(CC(F)(F)F)CC2)no1. The Balaban J connectivity index is 1.77. The molecule has 0 bridgehead atoms. The topological polar surface area (TPSA) is 45.4 Å². The fraction of sp³-hybridized carbons (Fsp3) is 0.800. The van der Waals surface area contributed by atoms with E-state index in [0.29, 0.717) is 44.4 Å². The Morgan fingerprint density at radius 3 is 2.28 bits per heavy atom. The maximum absolute atomic E-state index is 12.2. The zero-order valence-electron chi connectivity index (χ0n) is 10.1. The lowest BCUT2D eigenvalue weighted by Crippen LogP contribution is -2.48. The zero-order valence-corrected chi connectivity index (χ0v) is 10.1. The monoisotopic (exact) mass is 264 g/mol. The highest BCUT2D eigenvalue weighted by molar-refractivity contribution is 4.85. The average molecular weight is 264 g/mol. The number of halogens is 3. The Hall–Kier alpha value is -1.15. The van der Waals surface area contributed by atoms with E-state index in [9.17, 15) is 13.2 Å². The van der Waals surface area contributed by atoms with Gasteiger partial charge in [-0.25, -0.2) is 0 Å². The summed E-state index contributed by atoms with van der Waals surface area (Å²) in [6, 6.07) is 0. The number of rotatable bonds is 3. The molecule has 102 valence electrons. The maximum Gasteiger partial charge on any atom is 0.401 e. The molecule has 2 rings (SSSR count). The third kappa shape index (κ3) is 3.95. The fourth-order valence-corrected chi connectivity index (χ4v) is 1.96. The van der Waals surface area contributed by atoms with Gasteiger partial charge in [0.05, 0.1) is 13.1 Å². The van der Waals surface area contributed by atoms with Gasteiger partial charge >= 0.3 is 6.18 Å². The summed E-state index contributed by atoms with van der Waals surface area (Å²) in [6.45, 7) is 3.40. The van der Waals surface area contributed by atoms with Gasteiger partial charge in [-0.1, -0.05) is 5.16 Å². The Morgan fingerprint density at radius 1 is 1.17 bits per heavy atom. The zero-order chi connectivity index (χ0) is 13.2. The van der Waals surface area contributed by atoms with Crippen LogP contribution in [0.2, 0.25) is 0 Å². The van der Waals surface area contributed by atoms with E-state index in [0.717, 1.165) is 0 Å². The van der Waals surface area contributed by atoms with E-state index < -0.39 is 12.7 Å². The molecule has 1 fully saturated rings. The molecule has 0 atom stereocenters. The number of aryl methyl sites for hydroxylation is 1. The van der Waals surface area contributed by atoms with Gasteiger partial charge in [-0.3, -0.25) is 9.80 Å². The first-order valence-corrected chi connectivity index (χ1v) is 5.73. The van der Waals surface area contributed by atoms with Gasteiger partial charge in [0.25, 0.3) is 0 Å². The second-order valence-electron chi connectivity index (χ2n) is 4.40. The van der Waals surface area contributed by atoms with Gasteiger partial charge < -0.3 is 4.52 Å². The highest BCUT2D eigenvalue weighted by Gasteiger charge is 2.32. The van der Waals surface area contributed by atoms with Crippen LogP contribution in [0.25, 0.3) is 0 Å². The van der Waals surface area contributed by atoms with E-state index in [1.165, 1.54) is 4.90 Å². The van der Waals surface area contributed by atoms with E-state index in [1.54, 1.807) is 6.92 Å². The maximum atomic E-state index is 12.2. The van der Waals surface area contributed by atoms with Crippen LogP contribution in [0.1, 0.15) is 11.7 Å². The molecule has 1 aromatic heterocycles. The summed E-state index contributed by atoms with van der Waals surface area (Å²) in [5, 5.41) is 3.77. The number of piperazine rings is 1. The van der Waals surface area contributed by atoms with E-state index in [2.05, 4.69) is 10.1 Å². The van der Waals surface area contributed by atoms with Crippen LogP contribution in [0, 0.1) is 6.92 Å². The van der Waals surface area contributed by atoms with Crippen LogP contribution in [0.15, 0.2) is 4.52 Å². The summed E-state index contributed by atoms with van der Waals surface area (Å²) >= 11 is 0. The third-order valence-corrected chi connectivity index (χ3v) is 2.80. The van der Waals surface area contributed by atoms with Gasteiger partial charge in [0, 0.05) is 33.1 Å².